The summed E-state index contributed by atoms with van der Waals surface area (Å²) in [6.45, 7) is 0.438. The SMILES string of the molecule is COCCCC(=O)C1(Sc2ccc(Cl)cc2)CC(=O)N(c2ccc(OC)cc2OC)C1c1c[nH]c2cc(Cl)ccc12. The highest BCUT2D eigenvalue weighted by atomic mass is 35.5. The summed E-state index contributed by atoms with van der Waals surface area (Å²) in [4.78, 5) is 34.4. The van der Waals surface area contributed by atoms with E-state index in [1.54, 1.807) is 56.6 Å². The van der Waals surface area contributed by atoms with Gasteiger partial charge in [-0.2, -0.15) is 0 Å². The molecule has 1 saturated heterocycles. The number of nitrogens with zero attached hydrogens (tertiary/aromatic N) is 1. The number of rotatable bonds is 11. The zero-order chi connectivity index (χ0) is 29.1. The molecule has 1 aromatic heterocycles. The van der Waals surface area contributed by atoms with Crippen molar-refractivity contribution in [3.8, 4) is 11.5 Å². The number of ether oxygens (including phenoxy) is 3. The summed E-state index contributed by atoms with van der Waals surface area (Å²) in [5, 5.41) is 2.05. The van der Waals surface area contributed by atoms with Crippen molar-refractivity contribution >= 4 is 63.2 Å². The second-order valence-corrected chi connectivity index (χ2v) is 12.1. The number of halogens is 2. The molecule has 0 aliphatic carbocycles. The van der Waals surface area contributed by atoms with Crippen LogP contribution in [0.5, 0.6) is 11.5 Å². The third kappa shape index (κ3) is 5.66. The average Bonchev–Trinajstić information content (AvgIpc) is 3.51. The highest BCUT2D eigenvalue weighted by molar-refractivity contribution is 8.01. The fourth-order valence-corrected chi connectivity index (χ4v) is 7.20. The number of anilines is 1. The zero-order valence-electron chi connectivity index (χ0n) is 22.9. The number of aromatic nitrogens is 1. The smallest absolute Gasteiger partial charge is 0.229 e. The van der Waals surface area contributed by atoms with E-state index in [-0.39, 0.29) is 24.5 Å². The number of hydrogen-bond donors (Lipinski definition) is 1. The molecule has 0 bridgehead atoms. The second-order valence-electron chi connectivity index (χ2n) is 9.78. The normalized spacial score (nSPS) is 18.7. The molecule has 5 rings (SSSR count). The molecule has 1 amide bonds. The molecule has 2 unspecified atom stereocenters. The summed E-state index contributed by atoms with van der Waals surface area (Å²) in [5.41, 5.74) is 2.17. The molecular weight excluding hydrogens is 583 g/mol. The maximum absolute atomic E-state index is 14.4. The number of hydrogen-bond acceptors (Lipinski definition) is 6. The second kappa shape index (κ2) is 12.4. The molecule has 41 heavy (non-hydrogen) atoms. The molecule has 214 valence electrons. The lowest BCUT2D eigenvalue weighted by atomic mass is 9.86. The van der Waals surface area contributed by atoms with Gasteiger partial charge in [0.05, 0.1) is 32.4 Å². The van der Waals surface area contributed by atoms with Gasteiger partial charge in [0, 0.05) is 63.8 Å². The summed E-state index contributed by atoms with van der Waals surface area (Å²) in [7, 11) is 4.73. The first-order valence-electron chi connectivity index (χ1n) is 13.1. The topological polar surface area (TPSA) is 80.9 Å². The number of H-pyrrole nitrogens is 1. The number of carbonyl (C=O) groups excluding carboxylic acids is 2. The number of thioether (sulfide) groups is 1. The Hall–Kier alpha value is -3.17. The number of methoxy groups -OCH3 is 3. The number of carbonyl (C=O) groups is 2. The molecule has 1 aliphatic rings. The van der Waals surface area contributed by atoms with Crippen molar-refractivity contribution in [2.24, 2.45) is 0 Å². The minimum atomic E-state index is -1.17. The van der Waals surface area contributed by atoms with Gasteiger partial charge in [-0.1, -0.05) is 29.3 Å². The van der Waals surface area contributed by atoms with E-state index in [1.165, 1.54) is 11.8 Å². The molecule has 0 radical (unpaired) electrons. The van der Waals surface area contributed by atoms with Crippen LogP contribution in [0.2, 0.25) is 10.0 Å². The van der Waals surface area contributed by atoms with Gasteiger partial charge in [0.15, 0.2) is 5.78 Å². The number of ketones is 1. The summed E-state index contributed by atoms with van der Waals surface area (Å²) in [6, 6.07) is 17.5. The first-order valence-corrected chi connectivity index (χ1v) is 14.7. The molecule has 2 atom stereocenters. The minimum Gasteiger partial charge on any atom is -0.497 e. The average molecular weight is 614 g/mol. The molecule has 10 heteroatoms. The van der Waals surface area contributed by atoms with Crippen LogP contribution in [-0.4, -0.2) is 49.4 Å². The lowest BCUT2D eigenvalue weighted by Crippen LogP contribution is -2.42. The van der Waals surface area contributed by atoms with Crippen molar-refractivity contribution < 1.29 is 23.8 Å². The van der Waals surface area contributed by atoms with Crippen LogP contribution in [0.1, 0.15) is 30.9 Å². The summed E-state index contributed by atoms with van der Waals surface area (Å²) >= 11 is 13.9. The number of nitrogens with one attached hydrogen (secondary N) is 1. The minimum absolute atomic E-state index is 0.00772. The Morgan fingerprint density at radius 1 is 1.02 bits per heavy atom. The summed E-state index contributed by atoms with van der Waals surface area (Å²) in [6.07, 6.45) is 2.65. The molecule has 1 N–H and O–H groups in total. The van der Waals surface area contributed by atoms with Crippen LogP contribution in [0.25, 0.3) is 10.9 Å². The predicted octanol–water partition coefficient (Wildman–Crippen LogP) is 7.50. The maximum Gasteiger partial charge on any atom is 0.229 e. The predicted molar refractivity (Wildman–Crippen MR) is 164 cm³/mol. The van der Waals surface area contributed by atoms with Crippen LogP contribution in [0.15, 0.2) is 71.8 Å². The van der Waals surface area contributed by atoms with Crippen LogP contribution in [0.3, 0.4) is 0 Å². The summed E-state index contributed by atoms with van der Waals surface area (Å²) in [5.74, 6) is 0.826. The van der Waals surface area contributed by atoms with E-state index in [9.17, 15) is 9.59 Å². The van der Waals surface area contributed by atoms with Crippen LogP contribution in [0, 0.1) is 0 Å². The number of amides is 1. The van der Waals surface area contributed by atoms with Gasteiger partial charge in [-0.15, -0.1) is 11.8 Å². The number of benzene rings is 3. The van der Waals surface area contributed by atoms with E-state index in [1.807, 2.05) is 36.5 Å². The molecule has 3 aromatic carbocycles. The van der Waals surface area contributed by atoms with Crippen molar-refractivity contribution in [3.05, 3.63) is 82.5 Å². The Labute approximate surface area is 253 Å². The maximum atomic E-state index is 14.4. The van der Waals surface area contributed by atoms with Crippen molar-refractivity contribution in [1.82, 2.24) is 4.98 Å². The van der Waals surface area contributed by atoms with Gasteiger partial charge in [-0.25, -0.2) is 0 Å². The Morgan fingerprint density at radius 3 is 2.49 bits per heavy atom. The fraction of sp³-hybridized carbons (Fsp3) is 0.290. The van der Waals surface area contributed by atoms with E-state index in [0.29, 0.717) is 40.3 Å². The van der Waals surface area contributed by atoms with E-state index in [4.69, 9.17) is 37.4 Å². The highest BCUT2D eigenvalue weighted by Gasteiger charge is 2.58. The van der Waals surface area contributed by atoms with E-state index >= 15 is 0 Å². The van der Waals surface area contributed by atoms with Crippen molar-refractivity contribution in [2.45, 2.75) is 34.9 Å². The molecule has 0 saturated carbocycles. The van der Waals surface area contributed by atoms with Gasteiger partial charge in [-0.05, 0) is 55.0 Å². The molecule has 7 nitrogen and oxygen atoms in total. The van der Waals surface area contributed by atoms with Crippen LogP contribution in [-0.2, 0) is 14.3 Å². The van der Waals surface area contributed by atoms with Gasteiger partial charge < -0.3 is 19.2 Å². The first kappa shape index (κ1) is 29.3. The van der Waals surface area contributed by atoms with Gasteiger partial charge in [0.1, 0.15) is 16.2 Å². The van der Waals surface area contributed by atoms with Crippen LogP contribution >= 0.6 is 35.0 Å². The Kier molecular flexibility index (Phi) is 8.85. The lowest BCUT2D eigenvalue weighted by Gasteiger charge is -2.37. The van der Waals surface area contributed by atoms with Gasteiger partial charge in [0.2, 0.25) is 5.91 Å². The lowest BCUT2D eigenvalue weighted by molar-refractivity contribution is -0.123. The monoisotopic (exact) mass is 612 g/mol. The number of fused-ring (bicyclic) bond motifs is 1. The van der Waals surface area contributed by atoms with E-state index in [2.05, 4.69) is 4.98 Å². The van der Waals surface area contributed by atoms with Crippen molar-refractivity contribution in [1.29, 1.82) is 0 Å². The molecular formula is C31H30Cl2N2O5S. The standard InChI is InChI=1S/C31H30Cl2N2O5S/c1-38-14-4-5-28(36)31(41-22-10-6-19(32)7-11-22)17-29(37)35(26-13-9-21(39-2)16-27(26)40-3)30(31)24-18-34-25-15-20(33)8-12-23(24)25/h6-13,15-16,18,30,34H,4-5,14,17H2,1-3H3. The fourth-order valence-electron chi connectivity index (χ4n) is 5.46. The Bertz CT molecular complexity index is 1570. The quantitative estimate of drug-likeness (QED) is 0.177. The van der Waals surface area contributed by atoms with Crippen LogP contribution in [0.4, 0.5) is 5.69 Å². The van der Waals surface area contributed by atoms with Gasteiger partial charge >= 0.3 is 0 Å². The largest absolute Gasteiger partial charge is 0.497 e. The Balaban J connectivity index is 1.75. The first-order chi connectivity index (χ1) is 19.8. The molecule has 4 aromatic rings. The summed E-state index contributed by atoms with van der Waals surface area (Å²) < 4.78 is 15.2. The molecule has 1 aliphatic heterocycles. The third-order valence-electron chi connectivity index (χ3n) is 7.34. The van der Waals surface area contributed by atoms with Gasteiger partial charge in [0.25, 0.3) is 0 Å². The van der Waals surface area contributed by atoms with Crippen molar-refractivity contribution in [3.63, 3.8) is 0 Å². The number of aromatic amines is 1. The third-order valence-corrected chi connectivity index (χ3v) is 9.29. The molecule has 2 heterocycles. The Morgan fingerprint density at radius 2 is 1.78 bits per heavy atom. The molecule has 0 spiro atoms. The number of Topliss-reactive ketones (excluding diaryl/α,β-unsaturated/α-hetero) is 1. The highest BCUT2D eigenvalue weighted by Crippen LogP contribution is 2.57. The van der Waals surface area contributed by atoms with Crippen LogP contribution < -0.4 is 14.4 Å². The van der Waals surface area contributed by atoms with E-state index < -0.39 is 10.8 Å². The van der Waals surface area contributed by atoms with Gasteiger partial charge in [-0.3, -0.25) is 14.5 Å². The zero-order valence-corrected chi connectivity index (χ0v) is 25.2. The van der Waals surface area contributed by atoms with E-state index in [0.717, 1.165) is 21.4 Å². The van der Waals surface area contributed by atoms with Crippen molar-refractivity contribution in [2.75, 3.05) is 32.8 Å². The molecule has 1 fully saturated rings.